The molecule has 0 fully saturated rings. The number of ether oxygens (including phenoxy) is 2. The molecule has 6 heteroatoms. The van der Waals surface area contributed by atoms with Gasteiger partial charge in [-0.1, -0.05) is 0 Å². The monoisotopic (exact) mass is 269 g/mol. The van der Waals surface area contributed by atoms with Gasteiger partial charge in [-0.2, -0.15) is 11.3 Å². The fourth-order valence-electron chi connectivity index (χ4n) is 1.06. The minimum atomic E-state index is -0.539. The number of carbonyl (C=O) groups is 2. The number of hydrogen-bond donors (Lipinski definition) is 1. The van der Waals surface area contributed by atoms with Gasteiger partial charge < -0.3 is 14.8 Å². The van der Waals surface area contributed by atoms with Gasteiger partial charge in [-0.15, -0.1) is 0 Å². The van der Waals surface area contributed by atoms with Crippen LogP contribution in [-0.4, -0.2) is 38.7 Å². The van der Waals surface area contributed by atoms with E-state index in [0.29, 0.717) is 13.2 Å². The smallest absolute Gasteiger partial charge is 0.331 e. The molecule has 1 rings (SSSR count). The summed E-state index contributed by atoms with van der Waals surface area (Å²) in [6.45, 7) is 0.548. The van der Waals surface area contributed by atoms with E-state index in [1.807, 2.05) is 16.8 Å². The number of rotatable bonds is 7. The van der Waals surface area contributed by atoms with Crippen LogP contribution in [0, 0.1) is 0 Å². The molecule has 1 aromatic heterocycles. The Hall–Kier alpha value is -1.66. The van der Waals surface area contributed by atoms with E-state index in [1.165, 1.54) is 6.08 Å². The predicted octanol–water partition coefficient (Wildman–Crippen LogP) is 1.07. The Bertz CT molecular complexity index is 400. The third kappa shape index (κ3) is 6.17. The van der Waals surface area contributed by atoms with E-state index in [4.69, 9.17) is 9.47 Å². The fourth-order valence-corrected chi connectivity index (χ4v) is 1.69. The van der Waals surface area contributed by atoms with Crippen LogP contribution in [0.3, 0.4) is 0 Å². The quantitative estimate of drug-likeness (QED) is 0.457. The van der Waals surface area contributed by atoms with Crippen molar-refractivity contribution in [3.63, 3.8) is 0 Å². The van der Waals surface area contributed by atoms with Crippen molar-refractivity contribution in [1.82, 2.24) is 5.32 Å². The number of thiophene rings is 1. The molecular formula is C12H15NO4S. The lowest BCUT2D eigenvalue weighted by Gasteiger charge is -2.04. The number of nitrogens with one attached hydrogen (secondary N) is 1. The fraction of sp³-hybridized carbons (Fsp3) is 0.333. The zero-order chi connectivity index (χ0) is 13.2. The maximum atomic E-state index is 11.3. The summed E-state index contributed by atoms with van der Waals surface area (Å²) >= 11 is 1.54. The highest BCUT2D eigenvalue weighted by molar-refractivity contribution is 7.08. The van der Waals surface area contributed by atoms with Crippen LogP contribution >= 0.6 is 11.3 Å². The van der Waals surface area contributed by atoms with Gasteiger partial charge in [-0.05, 0) is 28.5 Å². The second kappa shape index (κ2) is 8.43. The molecule has 0 spiro atoms. The maximum Gasteiger partial charge on any atom is 0.331 e. The Morgan fingerprint density at radius 2 is 2.33 bits per heavy atom. The molecule has 0 aliphatic rings. The maximum absolute atomic E-state index is 11.3. The van der Waals surface area contributed by atoms with Gasteiger partial charge in [-0.3, -0.25) is 4.79 Å². The van der Waals surface area contributed by atoms with E-state index < -0.39 is 5.97 Å². The normalized spacial score (nSPS) is 10.5. The second-order valence-electron chi connectivity index (χ2n) is 3.34. The number of carbonyl (C=O) groups excluding carboxylic acids is 2. The molecule has 0 aromatic carbocycles. The van der Waals surface area contributed by atoms with Crippen LogP contribution in [0.25, 0.3) is 6.08 Å². The van der Waals surface area contributed by atoms with Gasteiger partial charge in [0.05, 0.1) is 6.61 Å². The number of esters is 1. The lowest BCUT2D eigenvalue weighted by molar-refractivity contribution is -0.143. The summed E-state index contributed by atoms with van der Waals surface area (Å²) < 4.78 is 9.52. The van der Waals surface area contributed by atoms with Gasteiger partial charge in [-0.25, -0.2) is 4.79 Å². The summed E-state index contributed by atoms with van der Waals surface area (Å²) in [5.41, 5.74) is 0.932. The highest BCUT2D eigenvalue weighted by Crippen LogP contribution is 2.07. The van der Waals surface area contributed by atoms with Crippen molar-refractivity contribution in [1.29, 1.82) is 0 Å². The van der Waals surface area contributed by atoms with E-state index in [0.717, 1.165) is 5.56 Å². The molecular weight excluding hydrogens is 254 g/mol. The van der Waals surface area contributed by atoms with Crippen LogP contribution in [0.15, 0.2) is 22.9 Å². The van der Waals surface area contributed by atoms with Crippen molar-refractivity contribution in [2.45, 2.75) is 0 Å². The lowest BCUT2D eigenvalue weighted by atomic mass is 10.3. The zero-order valence-electron chi connectivity index (χ0n) is 10.0. The molecule has 0 aliphatic heterocycles. The molecule has 0 radical (unpaired) electrons. The molecule has 1 aromatic rings. The molecule has 0 bridgehead atoms. The molecule has 1 heterocycles. The van der Waals surface area contributed by atoms with Crippen LogP contribution < -0.4 is 5.32 Å². The molecule has 1 amide bonds. The van der Waals surface area contributed by atoms with E-state index in [2.05, 4.69) is 5.32 Å². The standard InChI is InChI=1S/C12H15NO4S/c1-16-6-5-13-11(14)8-17-12(15)3-2-10-4-7-18-9-10/h2-4,7,9H,5-6,8H2,1H3,(H,13,14)/b3-2+. The van der Waals surface area contributed by atoms with E-state index in [-0.39, 0.29) is 12.5 Å². The van der Waals surface area contributed by atoms with Crippen LogP contribution in [0.1, 0.15) is 5.56 Å². The van der Waals surface area contributed by atoms with E-state index in [1.54, 1.807) is 24.5 Å². The molecule has 98 valence electrons. The van der Waals surface area contributed by atoms with Crippen molar-refractivity contribution in [3.8, 4) is 0 Å². The largest absolute Gasteiger partial charge is 0.452 e. The van der Waals surface area contributed by atoms with E-state index in [9.17, 15) is 9.59 Å². The third-order valence-corrected chi connectivity index (χ3v) is 2.63. The van der Waals surface area contributed by atoms with Gasteiger partial charge >= 0.3 is 5.97 Å². The Morgan fingerprint density at radius 1 is 1.50 bits per heavy atom. The van der Waals surface area contributed by atoms with E-state index >= 15 is 0 Å². The van der Waals surface area contributed by atoms with Gasteiger partial charge in [0.25, 0.3) is 5.91 Å². The number of hydrogen-bond acceptors (Lipinski definition) is 5. The predicted molar refractivity (Wildman–Crippen MR) is 69.2 cm³/mol. The molecule has 0 unspecified atom stereocenters. The third-order valence-electron chi connectivity index (χ3n) is 1.93. The summed E-state index contributed by atoms with van der Waals surface area (Å²) in [6.07, 6.45) is 2.94. The Balaban J connectivity index is 2.18. The van der Waals surface area contributed by atoms with Crippen molar-refractivity contribution < 1.29 is 19.1 Å². The first-order valence-corrected chi connectivity index (χ1v) is 6.29. The average Bonchev–Trinajstić information content (AvgIpc) is 2.87. The molecule has 0 aliphatic carbocycles. The topological polar surface area (TPSA) is 64.6 Å². The van der Waals surface area contributed by atoms with Crippen molar-refractivity contribution in [2.24, 2.45) is 0 Å². The average molecular weight is 269 g/mol. The molecule has 0 saturated heterocycles. The Morgan fingerprint density at radius 3 is 3.00 bits per heavy atom. The molecule has 5 nitrogen and oxygen atoms in total. The molecule has 18 heavy (non-hydrogen) atoms. The summed E-state index contributed by atoms with van der Waals surface area (Å²) in [7, 11) is 1.54. The van der Waals surface area contributed by atoms with Gasteiger partial charge in [0.2, 0.25) is 0 Å². The SMILES string of the molecule is COCCNC(=O)COC(=O)/C=C/c1ccsc1. The molecule has 0 atom stereocenters. The first kappa shape index (κ1) is 14.4. The van der Waals surface area contributed by atoms with Crippen LogP contribution in [0.5, 0.6) is 0 Å². The summed E-state index contributed by atoms with van der Waals surface area (Å²) in [4.78, 5) is 22.5. The first-order valence-electron chi connectivity index (χ1n) is 5.35. The van der Waals surface area contributed by atoms with Gasteiger partial charge in [0, 0.05) is 19.7 Å². The zero-order valence-corrected chi connectivity index (χ0v) is 10.9. The van der Waals surface area contributed by atoms with Crippen LogP contribution in [0.4, 0.5) is 0 Å². The lowest BCUT2D eigenvalue weighted by Crippen LogP contribution is -2.31. The van der Waals surface area contributed by atoms with Crippen molar-refractivity contribution in [3.05, 3.63) is 28.5 Å². The van der Waals surface area contributed by atoms with Crippen molar-refractivity contribution in [2.75, 3.05) is 26.9 Å². The summed E-state index contributed by atoms with van der Waals surface area (Å²) in [5, 5.41) is 6.36. The number of methoxy groups -OCH3 is 1. The highest BCUT2D eigenvalue weighted by Gasteiger charge is 2.03. The summed E-state index contributed by atoms with van der Waals surface area (Å²) in [6, 6.07) is 1.88. The summed E-state index contributed by atoms with van der Waals surface area (Å²) in [5.74, 6) is -0.882. The minimum absolute atomic E-state index is 0.281. The van der Waals surface area contributed by atoms with Crippen LogP contribution in [0.2, 0.25) is 0 Å². The first-order chi connectivity index (χ1) is 8.72. The number of amides is 1. The highest BCUT2D eigenvalue weighted by atomic mass is 32.1. The van der Waals surface area contributed by atoms with Gasteiger partial charge in [0.15, 0.2) is 6.61 Å². The van der Waals surface area contributed by atoms with Crippen molar-refractivity contribution >= 4 is 29.3 Å². The minimum Gasteiger partial charge on any atom is -0.452 e. The molecule has 0 saturated carbocycles. The second-order valence-corrected chi connectivity index (χ2v) is 4.12. The Labute approximate surface area is 109 Å². The molecule has 1 N–H and O–H groups in total. The van der Waals surface area contributed by atoms with Crippen LogP contribution in [-0.2, 0) is 19.1 Å². The van der Waals surface area contributed by atoms with Gasteiger partial charge in [0.1, 0.15) is 0 Å². The Kier molecular flexibility index (Phi) is 6.75.